The normalized spacial score (nSPS) is 19.1. The first-order valence-corrected chi connectivity index (χ1v) is 15.1. The van der Waals surface area contributed by atoms with Crippen LogP contribution in [0.1, 0.15) is 76.1 Å². The monoisotopic (exact) mass is 428 g/mol. The van der Waals surface area contributed by atoms with Crippen molar-refractivity contribution in [3.05, 3.63) is 35.0 Å². The number of amides is 1. The average Bonchev–Trinajstić information content (AvgIpc) is 3.11. The molecular formula is C25H40N2O2Si. The number of hydrogen-bond donors (Lipinski definition) is 2. The van der Waals surface area contributed by atoms with E-state index in [1.165, 1.54) is 47.7 Å². The van der Waals surface area contributed by atoms with Crippen LogP contribution in [0.15, 0.2) is 18.2 Å². The van der Waals surface area contributed by atoms with E-state index in [9.17, 15) is 4.79 Å². The molecule has 2 aromatic rings. The van der Waals surface area contributed by atoms with Crippen LogP contribution in [0.25, 0.3) is 10.9 Å². The highest BCUT2D eigenvalue weighted by molar-refractivity contribution is 6.77. The minimum atomic E-state index is -1.75. The maximum Gasteiger partial charge on any atom is 0.215 e. The second-order valence-corrected chi connectivity index (χ2v) is 14.1. The molecule has 3 rings (SSSR count). The molecule has 0 fully saturated rings. The van der Waals surface area contributed by atoms with Crippen molar-refractivity contribution >= 4 is 25.0 Å². The molecule has 1 aromatic heterocycles. The number of nitrogens with one attached hydrogen (secondary N) is 2. The zero-order valence-corrected chi connectivity index (χ0v) is 20.6. The fraction of sp³-hybridized carbons (Fsp3) is 0.640. The van der Waals surface area contributed by atoms with Crippen LogP contribution in [0.2, 0.25) is 19.1 Å². The van der Waals surface area contributed by atoms with Crippen molar-refractivity contribution in [3.8, 4) is 0 Å². The number of ether oxygens (including phenoxy) is 1. The van der Waals surface area contributed by atoms with Gasteiger partial charge < -0.3 is 14.7 Å². The number of aryl methyl sites for hydroxylation is 1. The molecule has 2 N–H and O–H groups in total. The molecule has 166 valence electrons. The van der Waals surface area contributed by atoms with Gasteiger partial charge >= 0.3 is 0 Å². The highest BCUT2D eigenvalue weighted by Crippen LogP contribution is 2.42. The smallest absolute Gasteiger partial charge is 0.215 e. The van der Waals surface area contributed by atoms with E-state index in [0.29, 0.717) is 13.0 Å². The molecule has 1 aliphatic heterocycles. The highest BCUT2D eigenvalue weighted by atomic mass is 28.3. The van der Waals surface area contributed by atoms with Gasteiger partial charge in [-0.2, -0.15) is 0 Å². The second-order valence-electron chi connectivity index (χ2n) is 9.54. The maximum absolute atomic E-state index is 13.2. The van der Waals surface area contributed by atoms with Crippen LogP contribution in [0.4, 0.5) is 0 Å². The molecule has 30 heavy (non-hydrogen) atoms. The summed E-state index contributed by atoms with van der Waals surface area (Å²) in [5, 5.41) is 1.30. The van der Waals surface area contributed by atoms with Crippen LogP contribution in [-0.2, 0) is 28.0 Å². The summed E-state index contributed by atoms with van der Waals surface area (Å²) in [6.07, 6.45) is 8.11. The molecule has 1 aromatic carbocycles. The number of H-pyrrole nitrogens is 1. The van der Waals surface area contributed by atoms with Gasteiger partial charge in [0.2, 0.25) is 5.91 Å². The Morgan fingerprint density at radius 3 is 2.70 bits per heavy atom. The van der Waals surface area contributed by atoms with Crippen molar-refractivity contribution in [3.63, 3.8) is 0 Å². The third kappa shape index (κ3) is 4.83. The fourth-order valence-electron chi connectivity index (χ4n) is 4.98. The van der Waals surface area contributed by atoms with Gasteiger partial charge in [-0.1, -0.05) is 77.7 Å². The Kier molecular flexibility index (Phi) is 7.46. The molecule has 5 heteroatoms. The van der Waals surface area contributed by atoms with Crippen molar-refractivity contribution in [1.29, 1.82) is 0 Å². The first kappa shape index (κ1) is 23.1. The lowest BCUT2D eigenvalue weighted by Gasteiger charge is -2.37. The van der Waals surface area contributed by atoms with Crippen molar-refractivity contribution in [2.75, 3.05) is 6.61 Å². The number of rotatable bonds is 10. The van der Waals surface area contributed by atoms with Crippen molar-refractivity contribution in [2.45, 2.75) is 96.9 Å². The molecule has 0 saturated carbocycles. The average molecular weight is 429 g/mol. The molecule has 2 heterocycles. The van der Waals surface area contributed by atoms with Crippen LogP contribution < -0.4 is 4.98 Å². The van der Waals surface area contributed by atoms with Crippen molar-refractivity contribution in [1.82, 2.24) is 9.97 Å². The summed E-state index contributed by atoms with van der Waals surface area (Å²) in [5.41, 5.74) is 4.48. The Hall–Kier alpha value is -1.59. The summed E-state index contributed by atoms with van der Waals surface area (Å²) >= 11 is 0. The van der Waals surface area contributed by atoms with Crippen LogP contribution in [0.3, 0.4) is 0 Å². The van der Waals surface area contributed by atoms with Gasteiger partial charge in [-0.15, -0.1) is 0 Å². The molecule has 0 aliphatic carbocycles. The number of fused-ring (bicyclic) bond motifs is 3. The third-order valence-electron chi connectivity index (χ3n) is 6.74. The van der Waals surface area contributed by atoms with Crippen LogP contribution in [-0.4, -0.2) is 25.7 Å². The Morgan fingerprint density at radius 2 is 2.00 bits per heavy atom. The summed E-state index contributed by atoms with van der Waals surface area (Å²) in [4.78, 5) is 20.3. The largest absolute Gasteiger partial charge is 0.382 e. The standard InChI is InChI=1S/C25H40N2O2Si/c1-6-9-10-11-17-30(4,5)27-22(28)18-25(8-3)24-21(15-16-29-25)20-14-12-13-19(7-2)23(20)26-24/h12-14,26H,6-11,15-18H2,1-5H3,(H,27,28). The van der Waals surface area contributed by atoms with Crippen molar-refractivity contribution in [2.24, 2.45) is 0 Å². The van der Waals surface area contributed by atoms with Crippen LogP contribution >= 0.6 is 0 Å². The number of carbonyl (C=O) groups is 1. The Morgan fingerprint density at radius 1 is 1.20 bits per heavy atom. The molecular weight excluding hydrogens is 388 g/mol. The quantitative estimate of drug-likeness (QED) is 0.350. The van der Waals surface area contributed by atoms with Crippen LogP contribution in [0, 0.1) is 0 Å². The van der Waals surface area contributed by atoms with E-state index < -0.39 is 13.8 Å². The molecule has 0 bridgehead atoms. The van der Waals surface area contributed by atoms with E-state index in [0.717, 1.165) is 31.0 Å². The first-order valence-electron chi connectivity index (χ1n) is 11.9. The van der Waals surface area contributed by atoms with E-state index in [1.807, 2.05) is 0 Å². The topological polar surface area (TPSA) is 54.1 Å². The number of aromatic nitrogens is 1. The summed E-state index contributed by atoms with van der Waals surface area (Å²) < 4.78 is 6.37. The Balaban J connectivity index is 1.81. The Labute approximate surface area is 183 Å². The fourth-order valence-corrected chi connectivity index (χ4v) is 7.08. The summed E-state index contributed by atoms with van der Waals surface area (Å²) in [6.45, 7) is 11.8. The molecule has 1 amide bonds. The van der Waals surface area contributed by atoms with E-state index in [4.69, 9.17) is 4.74 Å². The van der Waals surface area contributed by atoms with E-state index in [2.05, 4.69) is 62.0 Å². The summed E-state index contributed by atoms with van der Waals surface area (Å²) in [7, 11) is -1.75. The third-order valence-corrected chi connectivity index (χ3v) is 9.30. The number of hydrogen-bond acceptors (Lipinski definition) is 2. The minimum Gasteiger partial charge on any atom is -0.382 e. The van der Waals surface area contributed by atoms with Gasteiger partial charge in [0.25, 0.3) is 0 Å². The predicted molar refractivity (Wildman–Crippen MR) is 128 cm³/mol. The van der Waals surface area contributed by atoms with Gasteiger partial charge in [-0.3, -0.25) is 4.79 Å². The molecule has 1 atom stereocenters. The van der Waals surface area contributed by atoms with Gasteiger partial charge in [0, 0.05) is 10.9 Å². The zero-order valence-electron chi connectivity index (χ0n) is 19.6. The van der Waals surface area contributed by atoms with Gasteiger partial charge in [-0.05, 0) is 36.4 Å². The lowest BCUT2D eigenvalue weighted by atomic mass is 9.86. The van der Waals surface area contributed by atoms with Crippen molar-refractivity contribution < 1.29 is 9.53 Å². The van der Waals surface area contributed by atoms with E-state index in [-0.39, 0.29) is 5.91 Å². The lowest BCUT2D eigenvalue weighted by Crippen LogP contribution is -2.50. The van der Waals surface area contributed by atoms with E-state index >= 15 is 0 Å². The Bertz CT molecular complexity index is 873. The summed E-state index contributed by atoms with van der Waals surface area (Å²) in [6, 6.07) is 7.70. The molecule has 0 radical (unpaired) electrons. The minimum absolute atomic E-state index is 0.145. The van der Waals surface area contributed by atoms with E-state index in [1.54, 1.807) is 0 Å². The predicted octanol–water partition coefficient (Wildman–Crippen LogP) is 6.20. The number of aromatic amines is 1. The van der Waals surface area contributed by atoms with Gasteiger partial charge in [-0.25, -0.2) is 0 Å². The van der Waals surface area contributed by atoms with Crippen LogP contribution in [0.5, 0.6) is 0 Å². The highest BCUT2D eigenvalue weighted by Gasteiger charge is 2.41. The molecule has 1 aliphatic rings. The number of benzene rings is 1. The maximum atomic E-state index is 13.2. The zero-order chi connectivity index (χ0) is 21.8. The molecule has 0 saturated heterocycles. The SMILES string of the molecule is CCCCCC[Si](C)(C)NC(=O)CC1(CC)OCCc2c1[nH]c1c(CC)cccc21. The number of para-hydroxylation sites is 1. The number of unbranched alkanes of at least 4 members (excludes halogenated alkanes) is 3. The summed E-state index contributed by atoms with van der Waals surface area (Å²) in [5.74, 6) is 0.145. The van der Waals surface area contributed by atoms with Gasteiger partial charge in [0.15, 0.2) is 8.24 Å². The van der Waals surface area contributed by atoms with Gasteiger partial charge in [0.05, 0.1) is 18.7 Å². The van der Waals surface area contributed by atoms with Gasteiger partial charge in [0.1, 0.15) is 5.60 Å². The number of carbonyl (C=O) groups excluding carboxylic acids is 1. The molecule has 4 nitrogen and oxygen atoms in total. The molecule has 0 spiro atoms. The lowest BCUT2D eigenvalue weighted by molar-refractivity contribution is -0.131. The first-order chi connectivity index (χ1) is 14.4. The molecule has 1 unspecified atom stereocenters. The second kappa shape index (κ2) is 9.69.